The first-order valence-electron chi connectivity index (χ1n) is 7.58. The van der Waals surface area contributed by atoms with Gasteiger partial charge >= 0.3 is 0 Å². The first-order chi connectivity index (χ1) is 11.0. The second-order valence-electron chi connectivity index (χ2n) is 5.84. The second kappa shape index (κ2) is 6.19. The second-order valence-corrected chi connectivity index (χ2v) is 5.84. The van der Waals surface area contributed by atoms with E-state index in [2.05, 4.69) is 0 Å². The summed E-state index contributed by atoms with van der Waals surface area (Å²) in [5.41, 5.74) is 1.36. The van der Waals surface area contributed by atoms with E-state index in [-0.39, 0.29) is 17.5 Å². The quantitative estimate of drug-likeness (QED) is 0.637. The summed E-state index contributed by atoms with van der Waals surface area (Å²) in [7, 11) is 0. The molecule has 0 aromatic heterocycles. The van der Waals surface area contributed by atoms with Crippen LogP contribution in [0.15, 0.2) is 30.3 Å². The third kappa shape index (κ3) is 2.90. The van der Waals surface area contributed by atoms with Gasteiger partial charge in [-0.05, 0) is 67.0 Å². The van der Waals surface area contributed by atoms with Crippen LogP contribution in [-0.4, -0.2) is 0 Å². The van der Waals surface area contributed by atoms with Gasteiger partial charge < -0.3 is 0 Å². The molecule has 1 atom stereocenters. The van der Waals surface area contributed by atoms with Crippen molar-refractivity contribution in [1.82, 2.24) is 0 Å². The summed E-state index contributed by atoms with van der Waals surface area (Å²) in [5.74, 6) is -3.59. The Hall–Kier alpha value is -2.10. The molecule has 1 unspecified atom stereocenters. The van der Waals surface area contributed by atoms with Crippen LogP contribution >= 0.6 is 0 Å². The van der Waals surface area contributed by atoms with Crippen LogP contribution in [0.25, 0.3) is 6.08 Å². The predicted octanol–water partition coefficient (Wildman–Crippen LogP) is 5.55. The van der Waals surface area contributed by atoms with Crippen molar-refractivity contribution < 1.29 is 17.6 Å². The van der Waals surface area contributed by atoms with E-state index in [1.165, 1.54) is 12.1 Å². The third-order valence-electron chi connectivity index (χ3n) is 4.37. The van der Waals surface area contributed by atoms with Crippen molar-refractivity contribution in [3.05, 3.63) is 75.9 Å². The Balaban J connectivity index is 1.99. The molecular weight excluding hydrogens is 304 g/mol. The molecule has 0 heterocycles. The van der Waals surface area contributed by atoms with Crippen LogP contribution in [0.4, 0.5) is 17.6 Å². The molecule has 0 spiro atoms. The van der Waals surface area contributed by atoms with Gasteiger partial charge in [0.1, 0.15) is 11.6 Å². The fourth-order valence-corrected chi connectivity index (χ4v) is 3.29. The standard InChI is InChI=1S/C19H16F4/c1-2-3-11-8-16(21)18(17(22)9-11)13-5-4-12-6-7-15(20)19(23)14(12)10-13/h2-3,6-9,13H,4-5,10H2,1H3/b3-2+. The molecule has 0 N–H and O–H groups in total. The molecule has 0 aliphatic heterocycles. The normalized spacial score (nSPS) is 17.5. The van der Waals surface area contributed by atoms with Crippen molar-refractivity contribution in [1.29, 1.82) is 0 Å². The van der Waals surface area contributed by atoms with Crippen LogP contribution in [0.5, 0.6) is 0 Å². The van der Waals surface area contributed by atoms with Crippen molar-refractivity contribution in [2.75, 3.05) is 0 Å². The summed E-state index contributed by atoms with van der Waals surface area (Å²) < 4.78 is 56.0. The molecule has 2 aromatic rings. The van der Waals surface area contributed by atoms with Crippen molar-refractivity contribution in [2.45, 2.75) is 32.1 Å². The Bertz CT molecular complexity index is 754. The number of hydrogen-bond donors (Lipinski definition) is 0. The van der Waals surface area contributed by atoms with Crippen LogP contribution in [0.3, 0.4) is 0 Å². The van der Waals surface area contributed by atoms with Crippen LogP contribution in [0.2, 0.25) is 0 Å². The number of hydrogen-bond acceptors (Lipinski definition) is 0. The number of rotatable bonds is 2. The van der Waals surface area contributed by atoms with Crippen molar-refractivity contribution in [2.24, 2.45) is 0 Å². The van der Waals surface area contributed by atoms with E-state index in [0.717, 1.165) is 6.07 Å². The molecule has 0 fully saturated rings. The molecular formula is C19H16F4. The summed E-state index contributed by atoms with van der Waals surface area (Å²) in [6.45, 7) is 1.76. The Morgan fingerprint density at radius 3 is 2.35 bits per heavy atom. The highest BCUT2D eigenvalue weighted by molar-refractivity contribution is 5.51. The summed E-state index contributed by atoms with van der Waals surface area (Å²) in [5, 5.41) is 0. The van der Waals surface area contributed by atoms with E-state index in [1.807, 2.05) is 0 Å². The first kappa shape index (κ1) is 15.8. The smallest absolute Gasteiger partial charge is 0.162 e. The summed E-state index contributed by atoms with van der Waals surface area (Å²) in [6, 6.07) is 5.19. The van der Waals surface area contributed by atoms with E-state index >= 15 is 0 Å². The summed E-state index contributed by atoms with van der Waals surface area (Å²) in [4.78, 5) is 0. The lowest BCUT2D eigenvalue weighted by atomic mass is 9.79. The molecule has 1 aliphatic carbocycles. The van der Waals surface area contributed by atoms with Gasteiger partial charge in [0.25, 0.3) is 0 Å². The number of halogens is 4. The highest BCUT2D eigenvalue weighted by atomic mass is 19.2. The molecule has 1 aliphatic rings. The Labute approximate surface area is 132 Å². The molecule has 0 bridgehead atoms. The Kier molecular flexibility index (Phi) is 4.24. The van der Waals surface area contributed by atoms with E-state index < -0.39 is 29.2 Å². The van der Waals surface area contributed by atoms with Gasteiger partial charge in [-0.2, -0.15) is 0 Å². The van der Waals surface area contributed by atoms with E-state index in [4.69, 9.17) is 0 Å². The topological polar surface area (TPSA) is 0 Å². The minimum absolute atomic E-state index is 0.0347. The van der Waals surface area contributed by atoms with Gasteiger partial charge in [-0.3, -0.25) is 0 Å². The Morgan fingerprint density at radius 2 is 1.70 bits per heavy atom. The monoisotopic (exact) mass is 320 g/mol. The minimum atomic E-state index is -0.922. The number of allylic oxidation sites excluding steroid dienone is 1. The third-order valence-corrected chi connectivity index (χ3v) is 4.37. The van der Waals surface area contributed by atoms with Gasteiger partial charge in [-0.1, -0.05) is 18.2 Å². The minimum Gasteiger partial charge on any atom is -0.207 e. The molecule has 0 saturated carbocycles. The largest absolute Gasteiger partial charge is 0.207 e. The average molecular weight is 320 g/mol. The van der Waals surface area contributed by atoms with Crippen molar-refractivity contribution >= 4 is 6.08 Å². The summed E-state index contributed by atoms with van der Waals surface area (Å²) >= 11 is 0. The summed E-state index contributed by atoms with van der Waals surface area (Å²) in [6.07, 6.45) is 4.40. The molecule has 3 rings (SSSR count). The van der Waals surface area contributed by atoms with Crippen molar-refractivity contribution in [3.8, 4) is 0 Å². The zero-order valence-electron chi connectivity index (χ0n) is 12.7. The van der Waals surface area contributed by atoms with Crippen molar-refractivity contribution in [3.63, 3.8) is 0 Å². The van der Waals surface area contributed by atoms with E-state index in [0.29, 0.717) is 24.0 Å². The van der Waals surface area contributed by atoms with Gasteiger partial charge in [0.2, 0.25) is 0 Å². The zero-order valence-corrected chi connectivity index (χ0v) is 12.7. The predicted molar refractivity (Wildman–Crippen MR) is 82.2 cm³/mol. The molecule has 0 saturated heterocycles. The van der Waals surface area contributed by atoms with Crippen LogP contribution in [0.1, 0.15) is 41.5 Å². The lowest BCUT2D eigenvalue weighted by molar-refractivity contribution is 0.457. The maximum atomic E-state index is 14.3. The SMILES string of the molecule is C/C=C/c1cc(F)c(C2CCc3ccc(F)c(F)c3C2)c(F)c1. The fraction of sp³-hybridized carbons (Fsp3) is 0.263. The van der Waals surface area contributed by atoms with E-state index in [9.17, 15) is 17.6 Å². The van der Waals surface area contributed by atoms with Crippen LogP contribution in [0, 0.1) is 23.3 Å². The fourth-order valence-electron chi connectivity index (χ4n) is 3.29. The maximum Gasteiger partial charge on any atom is 0.162 e. The van der Waals surface area contributed by atoms with Gasteiger partial charge in [-0.15, -0.1) is 0 Å². The maximum absolute atomic E-state index is 14.3. The molecule has 120 valence electrons. The lowest BCUT2D eigenvalue weighted by Gasteiger charge is -2.26. The molecule has 0 amide bonds. The lowest BCUT2D eigenvalue weighted by Crippen LogP contribution is -2.17. The molecule has 23 heavy (non-hydrogen) atoms. The molecule has 4 heteroatoms. The average Bonchev–Trinajstić information content (AvgIpc) is 2.51. The van der Waals surface area contributed by atoms with E-state index in [1.54, 1.807) is 25.1 Å². The van der Waals surface area contributed by atoms with Crippen LogP contribution in [-0.2, 0) is 12.8 Å². The van der Waals surface area contributed by atoms with Gasteiger partial charge in [0.15, 0.2) is 11.6 Å². The molecule has 0 radical (unpaired) electrons. The van der Waals surface area contributed by atoms with Gasteiger partial charge in [-0.25, -0.2) is 17.6 Å². The highest BCUT2D eigenvalue weighted by Crippen LogP contribution is 2.37. The van der Waals surface area contributed by atoms with Crippen LogP contribution < -0.4 is 0 Å². The first-order valence-corrected chi connectivity index (χ1v) is 7.58. The molecule has 2 aromatic carbocycles. The zero-order chi connectivity index (χ0) is 16.6. The highest BCUT2D eigenvalue weighted by Gasteiger charge is 2.28. The number of benzene rings is 2. The number of fused-ring (bicyclic) bond motifs is 1. The molecule has 0 nitrogen and oxygen atoms in total. The van der Waals surface area contributed by atoms with Gasteiger partial charge in [0.05, 0.1) is 0 Å². The Morgan fingerprint density at radius 1 is 1.00 bits per heavy atom. The van der Waals surface area contributed by atoms with Gasteiger partial charge in [0, 0.05) is 5.56 Å². The number of aryl methyl sites for hydroxylation is 1.